The van der Waals surface area contributed by atoms with Crippen molar-refractivity contribution >= 4 is 23.4 Å². The molecule has 5 nitrogen and oxygen atoms in total. The van der Waals surface area contributed by atoms with E-state index >= 15 is 0 Å². The van der Waals surface area contributed by atoms with Crippen LogP contribution in [0.25, 0.3) is 0 Å². The summed E-state index contributed by atoms with van der Waals surface area (Å²) in [5.74, 6) is 1.53. The molecule has 1 aromatic rings. The monoisotopic (exact) mass is 279 g/mol. The third kappa shape index (κ3) is 2.06. The van der Waals surface area contributed by atoms with Crippen molar-refractivity contribution in [1.82, 2.24) is 0 Å². The third-order valence-corrected chi connectivity index (χ3v) is 4.55. The Hall–Kier alpha value is -1.69. The molecule has 0 aromatic heterocycles. The summed E-state index contributed by atoms with van der Waals surface area (Å²) in [6.45, 7) is 0. The van der Waals surface area contributed by atoms with Gasteiger partial charge in [0.25, 0.3) is 0 Å². The number of carboxylic acids is 1. The van der Waals surface area contributed by atoms with Gasteiger partial charge in [-0.25, -0.2) is 4.79 Å². The molecule has 3 rings (SSSR count). The van der Waals surface area contributed by atoms with Gasteiger partial charge in [0.05, 0.1) is 18.7 Å². The van der Waals surface area contributed by atoms with E-state index in [9.17, 15) is 9.90 Å². The molecule has 1 saturated heterocycles. The number of aromatic carboxylic acids is 1. The number of ether oxygens (including phenoxy) is 1. The molecule has 0 aliphatic carbocycles. The average molecular weight is 279 g/mol. The van der Waals surface area contributed by atoms with Crippen molar-refractivity contribution in [1.29, 1.82) is 0 Å². The number of carbonyl (C=O) groups is 1. The Balaban J connectivity index is 1.98. The Morgan fingerprint density at radius 2 is 2.37 bits per heavy atom. The lowest BCUT2D eigenvalue weighted by atomic mass is 9.94. The van der Waals surface area contributed by atoms with Crippen LogP contribution in [0, 0.1) is 5.92 Å². The Bertz CT molecular complexity index is 558. The number of benzene rings is 1. The van der Waals surface area contributed by atoms with Gasteiger partial charge in [-0.2, -0.15) is 11.8 Å². The maximum absolute atomic E-state index is 11.2. The van der Waals surface area contributed by atoms with Crippen LogP contribution in [0.15, 0.2) is 23.4 Å². The van der Waals surface area contributed by atoms with Gasteiger partial charge in [0.1, 0.15) is 17.4 Å². The predicted octanol–water partition coefficient (Wildman–Crippen LogP) is 1.86. The number of carboxylic acid groups (broad SMARTS) is 1. The van der Waals surface area contributed by atoms with Crippen molar-refractivity contribution in [2.45, 2.75) is 6.10 Å². The molecule has 1 aromatic carbocycles. The Morgan fingerprint density at radius 3 is 3.11 bits per heavy atom. The second kappa shape index (κ2) is 4.77. The first-order valence-corrected chi connectivity index (χ1v) is 7.09. The number of oxime groups is 1. The lowest BCUT2D eigenvalue weighted by molar-refractivity contribution is 0.0693. The fourth-order valence-corrected chi connectivity index (χ4v) is 3.67. The van der Waals surface area contributed by atoms with E-state index in [0.29, 0.717) is 5.75 Å². The quantitative estimate of drug-likeness (QED) is 0.914. The topological polar surface area (TPSA) is 68.1 Å². The summed E-state index contributed by atoms with van der Waals surface area (Å²) in [4.78, 5) is 16.6. The lowest BCUT2D eigenvalue weighted by Gasteiger charge is -2.10. The molecule has 100 valence electrons. The van der Waals surface area contributed by atoms with E-state index < -0.39 is 5.97 Å². The first kappa shape index (κ1) is 12.3. The van der Waals surface area contributed by atoms with E-state index in [1.165, 1.54) is 7.11 Å². The molecular formula is C13H13NO4S. The van der Waals surface area contributed by atoms with Gasteiger partial charge >= 0.3 is 5.97 Å². The Labute approximate surface area is 114 Å². The van der Waals surface area contributed by atoms with Crippen LogP contribution in [-0.2, 0) is 4.84 Å². The molecule has 2 aliphatic rings. The molecule has 0 amide bonds. The van der Waals surface area contributed by atoms with Gasteiger partial charge in [0.2, 0.25) is 0 Å². The molecule has 19 heavy (non-hydrogen) atoms. The molecular weight excluding hydrogens is 266 g/mol. The molecule has 6 heteroatoms. The van der Waals surface area contributed by atoms with Gasteiger partial charge < -0.3 is 14.7 Å². The van der Waals surface area contributed by atoms with Gasteiger partial charge in [-0.05, 0) is 18.2 Å². The third-order valence-electron chi connectivity index (χ3n) is 3.39. The van der Waals surface area contributed by atoms with Gasteiger partial charge in [-0.15, -0.1) is 0 Å². The number of methoxy groups -OCH3 is 1. The van der Waals surface area contributed by atoms with Crippen molar-refractivity contribution in [3.8, 4) is 5.75 Å². The Kier molecular flexibility index (Phi) is 3.10. The highest BCUT2D eigenvalue weighted by Gasteiger charge is 2.39. The van der Waals surface area contributed by atoms with E-state index in [1.54, 1.807) is 12.1 Å². The minimum atomic E-state index is -1.00. The number of rotatable bonds is 3. The van der Waals surface area contributed by atoms with Crippen LogP contribution in [0.3, 0.4) is 0 Å². The summed E-state index contributed by atoms with van der Waals surface area (Å²) >= 11 is 1.84. The molecule has 0 saturated carbocycles. The number of thioether (sulfide) groups is 1. The summed E-state index contributed by atoms with van der Waals surface area (Å²) < 4.78 is 5.05. The van der Waals surface area contributed by atoms with Crippen molar-refractivity contribution in [3.63, 3.8) is 0 Å². The summed E-state index contributed by atoms with van der Waals surface area (Å²) in [6.07, 6.45) is 0.135. The van der Waals surface area contributed by atoms with Gasteiger partial charge in [0, 0.05) is 17.1 Å². The largest absolute Gasteiger partial charge is 0.496 e. The van der Waals surface area contributed by atoms with Crippen LogP contribution in [-0.4, -0.2) is 41.5 Å². The van der Waals surface area contributed by atoms with Gasteiger partial charge in [-0.1, -0.05) is 5.16 Å². The van der Waals surface area contributed by atoms with Crippen molar-refractivity contribution in [2.24, 2.45) is 11.1 Å². The maximum Gasteiger partial charge on any atom is 0.339 e. The molecule has 0 spiro atoms. The molecule has 2 heterocycles. The molecule has 0 radical (unpaired) electrons. The predicted molar refractivity (Wildman–Crippen MR) is 72.2 cm³/mol. The lowest BCUT2D eigenvalue weighted by Crippen LogP contribution is -2.22. The summed E-state index contributed by atoms with van der Waals surface area (Å²) in [5.41, 5.74) is 1.80. The zero-order chi connectivity index (χ0) is 13.4. The van der Waals surface area contributed by atoms with Gasteiger partial charge in [-0.3, -0.25) is 0 Å². The van der Waals surface area contributed by atoms with Crippen LogP contribution < -0.4 is 4.74 Å². The van der Waals surface area contributed by atoms with Crippen LogP contribution >= 0.6 is 11.8 Å². The highest BCUT2D eigenvalue weighted by molar-refractivity contribution is 7.99. The highest BCUT2D eigenvalue weighted by atomic mass is 32.2. The van der Waals surface area contributed by atoms with E-state index in [2.05, 4.69) is 5.16 Å². The van der Waals surface area contributed by atoms with Crippen molar-refractivity contribution in [2.75, 3.05) is 18.6 Å². The van der Waals surface area contributed by atoms with Crippen LogP contribution in [0.4, 0.5) is 0 Å². The Morgan fingerprint density at radius 1 is 1.53 bits per heavy atom. The first-order valence-electron chi connectivity index (χ1n) is 5.94. The number of hydrogen-bond acceptors (Lipinski definition) is 5. The average Bonchev–Trinajstić information content (AvgIpc) is 3.00. The number of nitrogens with zero attached hydrogens (tertiary/aromatic N) is 1. The molecule has 1 fully saturated rings. The minimum Gasteiger partial charge on any atom is -0.496 e. The van der Waals surface area contributed by atoms with Gasteiger partial charge in [0.15, 0.2) is 0 Å². The SMILES string of the molecule is COc1ccc(C2=NOC3CSCC23)cc1C(=O)O. The van der Waals surface area contributed by atoms with Crippen LogP contribution in [0.2, 0.25) is 0 Å². The second-order valence-electron chi connectivity index (χ2n) is 4.48. The highest BCUT2D eigenvalue weighted by Crippen LogP contribution is 2.35. The van der Waals surface area contributed by atoms with E-state index in [4.69, 9.17) is 9.57 Å². The number of fused-ring (bicyclic) bond motifs is 1. The van der Waals surface area contributed by atoms with Crippen LogP contribution in [0.1, 0.15) is 15.9 Å². The minimum absolute atomic E-state index is 0.135. The zero-order valence-electron chi connectivity index (χ0n) is 10.3. The fraction of sp³-hybridized carbons (Fsp3) is 0.385. The fourth-order valence-electron chi connectivity index (χ4n) is 2.39. The molecule has 2 aliphatic heterocycles. The van der Waals surface area contributed by atoms with E-state index in [1.807, 2.05) is 17.8 Å². The summed E-state index contributed by atoms with van der Waals surface area (Å²) in [7, 11) is 1.46. The summed E-state index contributed by atoms with van der Waals surface area (Å²) in [6, 6.07) is 5.10. The maximum atomic E-state index is 11.2. The summed E-state index contributed by atoms with van der Waals surface area (Å²) in [5, 5.41) is 13.3. The standard InChI is InChI=1S/C13H13NO4S/c1-17-10-3-2-7(4-8(10)13(15)16)12-9-5-19-6-11(9)18-14-12/h2-4,9,11H,5-6H2,1H3,(H,15,16). The molecule has 1 N–H and O–H groups in total. The molecule has 2 unspecified atom stereocenters. The first-order chi connectivity index (χ1) is 9.20. The number of hydrogen-bond donors (Lipinski definition) is 1. The van der Waals surface area contributed by atoms with Crippen molar-refractivity contribution < 1.29 is 19.5 Å². The van der Waals surface area contributed by atoms with Crippen LogP contribution in [0.5, 0.6) is 5.75 Å². The normalized spacial score (nSPS) is 24.6. The van der Waals surface area contributed by atoms with E-state index in [-0.39, 0.29) is 17.6 Å². The zero-order valence-corrected chi connectivity index (χ0v) is 11.1. The second-order valence-corrected chi connectivity index (χ2v) is 5.56. The smallest absolute Gasteiger partial charge is 0.339 e. The molecule has 2 atom stereocenters. The van der Waals surface area contributed by atoms with E-state index in [0.717, 1.165) is 22.8 Å². The molecule has 0 bridgehead atoms. The van der Waals surface area contributed by atoms with Crippen molar-refractivity contribution in [3.05, 3.63) is 29.3 Å².